The number of aromatic nitrogens is 1. The van der Waals surface area contributed by atoms with Crippen molar-refractivity contribution in [3.63, 3.8) is 0 Å². The molecule has 1 atom stereocenters. The first-order chi connectivity index (χ1) is 9.56. The van der Waals surface area contributed by atoms with Crippen molar-refractivity contribution in [1.29, 1.82) is 0 Å². The third kappa shape index (κ3) is 3.88. The van der Waals surface area contributed by atoms with Gasteiger partial charge in [-0.25, -0.2) is 4.98 Å². The molecule has 4 nitrogen and oxygen atoms in total. The number of rotatable bonds is 5. The summed E-state index contributed by atoms with van der Waals surface area (Å²) in [5.41, 5.74) is 7.99. The lowest BCUT2D eigenvalue weighted by Gasteiger charge is -2.11. The van der Waals surface area contributed by atoms with Crippen LogP contribution in [0.2, 0.25) is 0 Å². The molecule has 20 heavy (non-hydrogen) atoms. The van der Waals surface area contributed by atoms with E-state index in [2.05, 4.69) is 10.3 Å². The fourth-order valence-electron chi connectivity index (χ4n) is 2.01. The van der Waals surface area contributed by atoms with E-state index in [9.17, 15) is 4.79 Å². The summed E-state index contributed by atoms with van der Waals surface area (Å²) < 4.78 is 0. The summed E-state index contributed by atoms with van der Waals surface area (Å²) in [5, 5.41) is 3.93. The second-order valence-electron chi connectivity index (χ2n) is 4.74. The van der Waals surface area contributed by atoms with Gasteiger partial charge in [-0.05, 0) is 19.4 Å². The lowest BCUT2D eigenvalue weighted by atomic mass is 10.0. The van der Waals surface area contributed by atoms with E-state index in [0.717, 1.165) is 21.1 Å². The van der Waals surface area contributed by atoms with Crippen molar-refractivity contribution in [3.8, 4) is 0 Å². The van der Waals surface area contributed by atoms with Crippen LogP contribution in [0.25, 0.3) is 0 Å². The Hall–Kier alpha value is -1.72. The predicted octanol–water partition coefficient (Wildman–Crippen LogP) is 2.47. The van der Waals surface area contributed by atoms with Crippen LogP contribution in [-0.2, 0) is 11.3 Å². The average Bonchev–Trinajstić information content (AvgIpc) is 2.75. The van der Waals surface area contributed by atoms with Gasteiger partial charge in [0.2, 0.25) is 5.91 Å². The molecule has 1 unspecified atom stereocenters. The highest BCUT2D eigenvalue weighted by Crippen LogP contribution is 2.17. The van der Waals surface area contributed by atoms with Crippen molar-refractivity contribution >= 4 is 17.2 Å². The highest BCUT2D eigenvalue weighted by molar-refractivity contribution is 7.11. The van der Waals surface area contributed by atoms with Gasteiger partial charge in [-0.15, -0.1) is 11.3 Å². The molecule has 0 saturated heterocycles. The van der Waals surface area contributed by atoms with Gasteiger partial charge in [-0.3, -0.25) is 4.79 Å². The summed E-state index contributed by atoms with van der Waals surface area (Å²) in [7, 11) is 0. The third-order valence-electron chi connectivity index (χ3n) is 3.08. The van der Waals surface area contributed by atoms with Gasteiger partial charge in [-0.2, -0.15) is 0 Å². The number of nitrogens with one attached hydrogen (secondary N) is 1. The van der Waals surface area contributed by atoms with Crippen molar-refractivity contribution in [1.82, 2.24) is 10.3 Å². The van der Waals surface area contributed by atoms with Crippen LogP contribution in [0.4, 0.5) is 0 Å². The maximum absolute atomic E-state index is 11.9. The average molecular weight is 289 g/mol. The molecule has 0 radical (unpaired) electrons. The normalized spacial score (nSPS) is 12.2. The van der Waals surface area contributed by atoms with Crippen molar-refractivity contribution in [2.75, 3.05) is 0 Å². The SMILES string of the molecule is Cc1nc(C)c(CNC(=O)CC(N)c2ccccc2)s1. The smallest absolute Gasteiger partial charge is 0.222 e. The van der Waals surface area contributed by atoms with E-state index in [-0.39, 0.29) is 11.9 Å². The molecule has 5 heteroatoms. The van der Waals surface area contributed by atoms with Crippen LogP contribution in [0, 0.1) is 13.8 Å². The van der Waals surface area contributed by atoms with Crippen LogP contribution in [0.5, 0.6) is 0 Å². The van der Waals surface area contributed by atoms with Crippen molar-refractivity contribution in [2.45, 2.75) is 32.9 Å². The summed E-state index contributed by atoms with van der Waals surface area (Å²) in [4.78, 5) is 17.4. The zero-order valence-electron chi connectivity index (χ0n) is 11.7. The van der Waals surface area contributed by atoms with Crippen molar-refractivity contribution in [2.24, 2.45) is 5.73 Å². The summed E-state index contributed by atoms with van der Waals surface area (Å²) >= 11 is 1.61. The van der Waals surface area contributed by atoms with Crippen LogP contribution in [0.1, 0.15) is 33.6 Å². The van der Waals surface area contributed by atoms with E-state index in [1.807, 2.05) is 44.2 Å². The van der Waals surface area contributed by atoms with Gasteiger partial charge < -0.3 is 11.1 Å². The minimum absolute atomic E-state index is 0.0354. The highest BCUT2D eigenvalue weighted by atomic mass is 32.1. The molecule has 0 saturated carbocycles. The summed E-state index contributed by atoms with van der Waals surface area (Å²) in [6, 6.07) is 9.40. The first kappa shape index (κ1) is 14.7. The maximum Gasteiger partial charge on any atom is 0.222 e. The molecule has 0 bridgehead atoms. The van der Waals surface area contributed by atoms with Gasteiger partial charge in [0.15, 0.2) is 0 Å². The maximum atomic E-state index is 11.9. The van der Waals surface area contributed by atoms with E-state index < -0.39 is 0 Å². The lowest BCUT2D eigenvalue weighted by Crippen LogP contribution is -2.27. The monoisotopic (exact) mass is 289 g/mol. The Morgan fingerprint density at radius 2 is 2.05 bits per heavy atom. The zero-order valence-corrected chi connectivity index (χ0v) is 12.5. The van der Waals surface area contributed by atoms with Gasteiger partial charge in [0.1, 0.15) is 0 Å². The van der Waals surface area contributed by atoms with E-state index in [1.165, 1.54) is 0 Å². The predicted molar refractivity (Wildman–Crippen MR) is 81.4 cm³/mol. The molecule has 0 aliphatic rings. The van der Waals surface area contributed by atoms with Crippen LogP contribution in [0.15, 0.2) is 30.3 Å². The molecule has 2 rings (SSSR count). The zero-order chi connectivity index (χ0) is 14.5. The van der Waals surface area contributed by atoms with Gasteiger partial charge in [0, 0.05) is 17.3 Å². The first-order valence-electron chi connectivity index (χ1n) is 6.56. The molecule has 0 aliphatic heterocycles. The molecule has 3 N–H and O–H groups in total. The van der Waals surface area contributed by atoms with E-state index >= 15 is 0 Å². The quantitative estimate of drug-likeness (QED) is 0.888. The Bertz CT molecular complexity index is 580. The molecule has 1 heterocycles. The van der Waals surface area contributed by atoms with Crippen LogP contribution < -0.4 is 11.1 Å². The number of aryl methyl sites for hydroxylation is 2. The molecular formula is C15H19N3OS. The van der Waals surface area contributed by atoms with Crippen molar-refractivity contribution < 1.29 is 4.79 Å². The van der Waals surface area contributed by atoms with E-state index in [0.29, 0.717) is 13.0 Å². The molecule has 1 aromatic carbocycles. The number of nitrogens with zero attached hydrogens (tertiary/aromatic N) is 1. The minimum Gasteiger partial charge on any atom is -0.351 e. The Balaban J connectivity index is 1.85. The molecule has 1 amide bonds. The summed E-state index contributed by atoms with van der Waals surface area (Å²) in [6.45, 7) is 4.45. The summed E-state index contributed by atoms with van der Waals surface area (Å²) in [5.74, 6) is -0.0354. The number of benzene rings is 1. The van der Waals surface area contributed by atoms with E-state index in [4.69, 9.17) is 5.73 Å². The molecule has 1 aromatic heterocycles. The fourth-order valence-corrected chi connectivity index (χ4v) is 2.88. The Morgan fingerprint density at radius 3 is 2.65 bits per heavy atom. The molecule has 0 spiro atoms. The topological polar surface area (TPSA) is 68.0 Å². The second kappa shape index (κ2) is 6.63. The van der Waals surface area contributed by atoms with Crippen LogP contribution in [-0.4, -0.2) is 10.9 Å². The molecule has 0 aliphatic carbocycles. The Morgan fingerprint density at radius 1 is 1.35 bits per heavy atom. The number of hydrogen-bond acceptors (Lipinski definition) is 4. The van der Waals surface area contributed by atoms with Gasteiger partial charge in [-0.1, -0.05) is 30.3 Å². The molecular weight excluding hydrogens is 270 g/mol. The lowest BCUT2D eigenvalue weighted by molar-refractivity contribution is -0.121. The second-order valence-corrected chi connectivity index (χ2v) is 6.03. The Labute approximate surface area is 123 Å². The number of carbonyl (C=O) groups excluding carboxylic acids is 1. The number of nitrogens with two attached hydrogens (primary N) is 1. The van der Waals surface area contributed by atoms with Crippen LogP contribution in [0.3, 0.4) is 0 Å². The highest BCUT2D eigenvalue weighted by Gasteiger charge is 2.12. The van der Waals surface area contributed by atoms with Gasteiger partial charge in [0.05, 0.1) is 17.2 Å². The van der Waals surface area contributed by atoms with Crippen molar-refractivity contribution in [3.05, 3.63) is 51.5 Å². The third-order valence-corrected chi connectivity index (χ3v) is 4.15. The molecule has 0 fully saturated rings. The fraction of sp³-hybridized carbons (Fsp3) is 0.333. The van der Waals surface area contributed by atoms with Gasteiger partial charge in [0.25, 0.3) is 0 Å². The largest absolute Gasteiger partial charge is 0.351 e. The van der Waals surface area contributed by atoms with Gasteiger partial charge >= 0.3 is 0 Å². The van der Waals surface area contributed by atoms with Crippen LogP contribution >= 0.6 is 11.3 Å². The minimum atomic E-state index is -0.263. The summed E-state index contributed by atoms with van der Waals surface area (Å²) in [6.07, 6.45) is 0.293. The first-order valence-corrected chi connectivity index (χ1v) is 7.38. The number of hydrogen-bond donors (Lipinski definition) is 2. The molecule has 2 aromatic rings. The number of carbonyl (C=O) groups is 1. The molecule has 106 valence electrons. The number of thiazole rings is 1. The van der Waals surface area contributed by atoms with E-state index in [1.54, 1.807) is 11.3 Å². The Kier molecular flexibility index (Phi) is 4.87. The standard InChI is InChI=1S/C15H19N3OS/c1-10-14(20-11(2)18-10)9-17-15(19)8-13(16)12-6-4-3-5-7-12/h3-7,13H,8-9,16H2,1-2H3,(H,17,19). The number of amides is 1.